The van der Waals surface area contributed by atoms with E-state index >= 15 is 0 Å². The zero-order chi connectivity index (χ0) is 15.5. The van der Waals surface area contributed by atoms with E-state index in [1.165, 1.54) is 103 Å². The molecule has 2 nitrogen and oxygen atoms in total. The smallest absolute Gasteiger partial charge is 0.00385 e. The monoisotopic (exact) mass is 306 g/mol. The molecular formula is C20H38N2. The Kier molecular flexibility index (Phi) is 5.50. The number of likely N-dealkylation sites (tertiary alicyclic amines) is 2. The fraction of sp³-hybridized carbons (Fsp3) is 1.00. The predicted octanol–water partition coefficient (Wildman–Crippen LogP) is 4.54. The van der Waals surface area contributed by atoms with Gasteiger partial charge in [-0.3, -0.25) is 0 Å². The van der Waals surface area contributed by atoms with Crippen molar-refractivity contribution < 1.29 is 0 Å². The van der Waals surface area contributed by atoms with E-state index < -0.39 is 0 Å². The van der Waals surface area contributed by atoms with Crippen LogP contribution in [0.4, 0.5) is 0 Å². The van der Waals surface area contributed by atoms with Crippen molar-refractivity contribution in [2.45, 2.75) is 78.1 Å². The van der Waals surface area contributed by atoms with Gasteiger partial charge in [-0.1, -0.05) is 26.7 Å². The average Bonchev–Trinajstić information content (AvgIpc) is 3.20. The van der Waals surface area contributed by atoms with Crippen LogP contribution in [0.2, 0.25) is 0 Å². The van der Waals surface area contributed by atoms with Crippen molar-refractivity contribution in [2.75, 3.05) is 39.3 Å². The van der Waals surface area contributed by atoms with Crippen LogP contribution >= 0.6 is 0 Å². The van der Waals surface area contributed by atoms with Crippen LogP contribution in [0.3, 0.4) is 0 Å². The minimum absolute atomic E-state index is 0.703. The summed E-state index contributed by atoms with van der Waals surface area (Å²) in [6.45, 7) is 13.0. The quantitative estimate of drug-likeness (QED) is 0.710. The Morgan fingerprint density at radius 3 is 2.00 bits per heavy atom. The first-order chi connectivity index (χ1) is 10.7. The average molecular weight is 307 g/mol. The molecule has 0 radical (unpaired) electrons. The zero-order valence-corrected chi connectivity index (χ0v) is 15.2. The van der Waals surface area contributed by atoms with Crippen LogP contribution in [0.25, 0.3) is 0 Å². The molecule has 1 spiro atoms. The Labute approximate surface area is 138 Å². The molecule has 2 heterocycles. The summed E-state index contributed by atoms with van der Waals surface area (Å²) in [5.74, 6) is 0. The molecule has 0 bridgehead atoms. The van der Waals surface area contributed by atoms with Crippen molar-refractivity contribution in [3.05, 3.63) is 0 Å². The second kappa shape index (κ2) is 7.21. The molecule has 22 heavy (non-hydrogen) atoms. The number of hydrogen-bond donors (Lipinski definition) is 0. The van der Waals surface area contributed by atoms with Gasteiger partial charge in [-0.05, 0) is 94.9 Å². The summed E-state index contributed by atoms with van der Waals surface area (Å²) in [4.78, 5) is 5.46. The Morgan fingerprint density at radius 2 is 1.36 bits per heavy atom. The van der Waals surface area contributed by atoms with E-state index in [9.17, 15) is 0 Å². The van der Waals surface area contributed by atoms with Gasteiger partial charge in [-0.25, -0.2) is 0 Å². The maximum absolute atomic E-state index is 2.79. The molecule has 3 rings (SSSR count). The highest BCUT2D eigenvalue weighted by molar-refractivity contribution is 4.97. The molecule has 0 aromatic rings. The van der Waals surface area contributed by atoms with E-state index in [0.29, 0.717) is 10.8 Å². The second-order valence-corrected chi connectivity index (χ2v) is 8.64. The van der Waals surface area contributed by atoms with Crippen LogP contribution in [-0.2, 0) is 0 Å². The Bertz CT molecular complexity index is 332. The molecule has 0 amide bonds. The van der Waals surface area contributed by atoms with Crippen molar-refractivity contribution in [3.8, 4) is 0 Å². The molecule has 3 fully saturated rings. The molecule has 2 aliphatic heterocycles. The van der Waals surface area contributed by atoms with Crippen LogP contribution in [0, 0.1) is 10.8 Å². The summed E-state index contributed by atoms with van der Waals surface area (Å²) < 4.78 is 0. The number of nitrogens with zero attached hydrogens (tertiary/aromatic N) is 2. The second-order valence-electron chi connectivity index (χ2n) is 8.64. The van der Waals surface area contributed by atoms with Gasteiger partial charge in [-0.15, -0.1) is 0 Å². The highest BCUT2D eigenvalue weighted by atomic mass is 15.2. The lowest BCUT2D eigenvalue weighted by Gasteiger charge is -2.44. The summed E-state index contributed by atoms with van der Waals surface area (Å²) in [7, 11) is 0. The van der Waals surface area contributed by atoms with E-state index in [2.05, 4.69) is 23.6 Å². The third kappa shape index (κ3) is 3.70. The van der Waals surface area contributed by atoms with Gasteiger partial charge in [0.25, 0.3) is 0 Å². The minimum Gasteiger partial charge on any atom is -0.303 e. The molecule has 0 aromatic carbocycles. The Morgan fingerprint density at radius 1 is 0.727 bits per heavy atom. The number of rotatable bonds is 6. The summed E-state index contributed by atoms with van der Waals surface area (Å²) in [6.07, 6.45) is 14.6. The summed E-state index contributed by atoms with van der Waals surface area (Å²) in [5.41, 5.74) is 1.41. The fourth-order valence-electron chi connectivity index (χ4n) is 5.42. The zero-order valence-electron chi connectivity index (χ0n) is 15.2. The Balaban J connectivity index is 1.40. The van der Waals surface area contributed by atoms with Crippen LogP contribution in [0.15, 0.2) is 0 Å². The van der Waals surface area contributed by atoms with Gasteiger partial charge < -0.3 is 9.80 Å². The van der Waals surface area contributed by atoms with Gasteiger partial charge in [0.15, 0.2) is 0 Å². The largest absolute Gasteiger partial charge is 0.303 e. The first-order valence-electron chi connectivity index (χ1n) is 10.1. The lowest BCUT2D eigenvalue weighted by atomic mass is 9.61. The highest BCUT2D eigenvalue weighted by Gasteiger charge is 2.44. The van der Waals surface area contributed by atoms with E-state index in [-0.39, 0.29) is 0 Å². The summed E-state index contributed by atoms with van der Waals surface area (Å²) in [6, 6.07) is 0. The van der Waals surface area contributed by atoms with Crippen molar-refractivity contribution in [3.63, 3.8) is 0 Å². The van der Waals surface area contributed by atoms with Gasteiger partial charge >= 0.3 is 0 Å². The Hall–Kier alpha value is -0.0800. The highest BCUT2D eigenvalue weighted by Crippen LogP contribution is 2.52. The maximum Gasteiger partial charge on any atom is 0.00385 e. The van der Waals surface area contributed by atoms with Crippen molar-refractivity contribution in [2.24, 2.45) is 10.8 Å². The molecule has 2 saturated heterocycles. The fourth-order valence-corrected chi connectivity index (χ4v) is 5.42. The molecule has 0 atom stereocenters. The topological polar surface area (TPSA) is 6.48 Å². The van der Waals surface area contributed by atoms with E-state index in [1.54, 1.807) is 0 Å². The van der Waals surface area contributed by atoms with Gasteiger partial charge in [0.2, 0.25) is 0 Å². The molecule has 1 aliphatic carbocycles. The lowest BCUT2D eigenvalue weighted by molar-refractivity contribution is 0.0733. The van der Waals surface area contributed by atoms with Crippen LogP contribution in [-0.4, -0.2) is 49.1 Å². The normalized spacial score (nSPS) is 28.6. The SMILES string of the molecule is CCC1(CC)CCC2(CCN(CCCN3CCCC3)C2)CC1. The maximum atomic E-state index is 2.79. The molecule has 3 aliphatic rings. The third-order valence-electron chi connectivity index (χ3n) is 7.54. The van der Waals surface area contributed by atoms with Gasteiger partial charge in [-0.2, -0.15) is 0 Å². The lowest BCUT2D eigenvalue weighted by Crippen LogP contribution is -2.36. The van der Waals surface area contributed by atoms with Gasteiger partial charge in [0, 0.05) is 6.54 Å². The first-order valence-corrected chi connectivity index (χ1v) is 10.1. The van der Waals surface area contributed by atoms with E-state index in [1.807, 2.05) is 0 Å². The van der Waals surface area contributed by atoms with Crippen molar-refractivity contribution in [1.82, 2.24) is 9.80 Å². The van der Waals surface area contributed by atoms with E-state index in [0.717, 1.165) is 0 Å². The van der Waals surface area contributed by atoms with Gasteiger partial charge in [0.1, 0.15) is 0 Å². The predicted molar refractivity (Wildman–Crippen MR) is 95.3 cm³/mol. The minimum atomic E-state index is 0.703. The molecule has 0 N–H and O–H groups in total. The summed E-state index contributed by atoms with van der Waals surface area (Å²) in [5, 5.41) is 0. The molecule has 0 aromatic heterocycles. The van der Waals surface area contributed by atoms with Crippen LogP contribution in [0.1, 0.15) is 78.1 Å². The van der Waals surface area contributed by atoms with Gasteiger partial charge in [0.05, 0.1) is 0 Å². The molecule has 128 valence electrons. The number of hydrogen-bond acceptors (Lipinski definition) is 2. The van der Waals surface area contributed by atoms with Crippen LogP contribution in [0.5, 0.6) is 0 Å². The van der Waals surface area contributed by atoms with Crippen molar-refractivity contribution >= 4 is 0 Å². The molecule has 0 unspecified atom stereocenters. The van der Waals surface area contributed by atoms with E-state index in [4.69, 9.17) is 0 Å². The first kappa shape index (κ1) is 16.8. The molecule has 1 saturated carbocycles. The molecule has 2 heteroatoms. The van der Waals surface area contributed by atoms with Crippen molar-refractivity contribution in [1.29, 1.82) is 0 Å². The third-order valence-corrected chi connectivity index (χ3v) is 7.54. The van der Waals surface area contributed by atoms with Crippen LogP contribution < -0.4 is 0 Å². The molecular weight excluding hydrogens is 268 g/mol. The standard InChI is InChI=1S/C20H38N2/c1-3-19(4-2)8-10-20(11-9-19)12-17-22(18-20)16-7-15-21-13-5-6-14-21/h3-18H2,1-2H3. The summed E-state index contributed by atoms with van der Waals surface area (Å²) >= 11 is 0.